The molecule has 1 N–H and O–H groups in total. The number of nitrogens with one attached hydrogen (secondary N) is 1. The summed E-state index contributed by atoms with van der Waals surface area (Å²) in [6.07, 6.45) is -0.302. The quantitative estimate of drug-likeness (QED) is 0.507. The number of hydrogen-bond acceptors (Lipinski definition) is 7. The summed E-state index contributed by atoms with van der Waals surface area (Å²) in [7, 11) is 1.25. The minimum absolute atomic E-state index is 0.0415. The number of rotatable bonds is 8. The Kier molecular flexibility index (Phi) is 4.03. The van der Waals surface area contributed by atoms with Gasteiger partial charge < -0.3 is 19.5 Å². The fourth-order valence-electron chi connectivity index (χ4n) is 2.75. The molecule has 0 amide bonds. The second kappa shape index (κ2) is 10.1. The summed E-state index contributed by atoms with van der Waals surface area (Å²) in [4.78, 5) is 9.41. The molecule has 1 saturated heterocycles. The lowest BCUT2D eigenvalue weighted by Gasteiger charge is -2.26. The van der Waals surface area contributed by atoms with Crippen LogP contribution in [0.25, 0.3) is 10.9 Å². The summed E-state index contributed by atoms with van der Waals surface area (Å²) in [5.41, 5.74) is -0.591. The van der Waals surface area contributed by atoms with Crippen molar-refractivity contribution in [2.45, 2.75) is 6.42 Å². The van der Waals surface area contributed by atoms with E-state index in [1.807, 2.05) is 0 Å². The van der Waals surface area contributed by atoms with Gasteiger partial charge in [-0.2, -0.15) is 0 Å². The minimum Gasteiger partial charge on any atom is -0.493 e. The average Bonchev–Trinajstić information content (AvgIpc) is 2.87. The van der Waals surface area contributed by atoms with E-state index >= 15 is 0 Å². The molecule has 1 aromatic heterocycles. The predicted octanol–water partition coefficient (Wildman–Crippen LogP) is 4.28. The molecule has 1 fully saturated rings. The fraction of sp³-hybridized carbons (Fsp3) is 0.364. The molecule has 0 radical (unpaired) electrons. The Morgan fingerprint density at radius 1 is 1.26 bits per heavy atom. The van der Waals surface area contributed by atoms with Gasteiger partial charge in [0.05, 0.1) is 49.7 Å². The maximum absolute atomic E-state index is 14.1. The van der Waals surface area contributed by atoms with Crippen LogP contribution in [0.2, 0.25) is 5.02 Å². The molecule has 0 spiro atoms. The van der Waals surface area contributed by atoms with Crippen molar-refractivity contribution < 1.29 is 32.3 Å². The second-order valence-electron chi connectivity index (χ2n) is 6.31. The van der Waals surface area contributed by atoms with E-state index in [1.54, 1.807) is 4.90 Å². The summed E-state index contributed by atoms with van der Waals surface area (Å²) >= 11 is 5.82. The highest BCUT2D eigenvalue weighted by atomic mass is 35.5. The van der Waals surface area contributed by atoms with Crippen molar-refractivity contribution in [1.29, 1.82) is 0 Å². The van der Waals surface area contributed by atoms with Gasteiger partial charge >= 0.3 is 0 Å². The number of hydrogen-bond donors (Lipinski definition) is 1. The van der Waals surface area contributed by atoms with Gasteiger partial charge in [-0.15, -0.1) is 0 Å². The zero-order valence-corrected chi connectivity index (χ0v) is 17.1. The monoisotopic (exact) mass is 456 g/mol. The van der Waals surface area contributed by atoms with E-state index in [2.05, 4.69) is 15.3 Å². The molecule has 7 nitrogen and oxygen atoms in total. The van der Waals surface area contributed by atoms with Gasteiger partial charge in [-0.25, -0.2) is 14.4 Å². The van der Waals surface area contributed by atoms with Crippen molar-refractivity contribution >= 4 is 34.0 Å². The molecule has 9 heteroatoms. The van der Waals surface area contributed by atoms with Gasteiger partial charge in [0.15, 0.2) is 11.5 Å². The van der Waals surface area contributed by atoms with E-state index in [-0.39, 0.29) is 73.0 Å². The first-order chi connectivity index (χ1) is 19.1. The van der Waals surface area contributed by atoms with Crippen molar-refractivity contribution in [1.82, 2.24) is 14.9 Å². The van der Waals surface area contributed by atoms with Crippen LogP contribution in [0, 0.1) is 5.82 Å². The number of nitrogens with zero attached hydrogens (tertiary/aromatic N) is 3. The largest absolute Gasteiger partial charge is 0.493 e. The lowest BCUT2D eigenvalue weighted by atomic mass is 10.2. The Labute approximate surface area is 199 Å². The van der Waals surface area contributed by atoms with Crippen LogP contribution in [0.4, 0.5) is 15.9 Å². The molecular formula is C22H24ClFN4O3. The highest BCUT2D eigenvalue weighted by Crippen LogP contribution is 2.35. The van der Waals surface area contributed by atoms with Crippen molar-refractivity contribution in [2.75, 3.05) is 51.8 Å². The third kappa shape index (κ3) is 5.33. The number of halogens is 2. The molecule has 4 rings (SSSR count). The number of benzene rings is 2. The first-order valence-corrected chi connectivity index (χ1v) is 9.57. The summed E-state index contributed by atoms with van der Waals surface area (Å²) < 4.78 is 110. The molecule has 1 aliphatic rings. The van der Waals surface area contributed by atoms with Crippen molar-refractivity contribution in [3.8, 4) is 11.5 Å². The van der Waals surface area contributed by atoms with Crippen LogP contribution in [-0.2, 0) is 4.74 Å². The van der Waals surface area contributed by atoms with Crippen molar-refractivity contribution in [3.05, 3.63) is 47.4 Å². The fourth-order valence-corrected chi connectivity index (χ4v) is 2.89. The summed E-state index contributed by atoms with van der Waals surface area (Å²) in [6, 6.07) is -2.96. The van der Waals surface area contributed by atoms with E-state index in [0.29, 0.717) is 0 Å². The van der Waals surface area contributed by atoms with Crippen LogP contribution in [0.5, 0.6) is 11.5 Å². The van der Waals surface area contributed by atoms with Crippen molar-refractivity contribution in [3.63, 3.8) is 0 Å². The average molecular weight is 457 g/mol. The van der Waals surface area contributed by atoms with Crippen molar-refractivity contribution in [2.24, 2.45) is 0 Å². The molecule has 2 heterocycles. The molecule has 0 bridgehead atoms. The molecule has 164 valence electrons. The van der Waals surface area contributed by atoms with E-state index in [9.17, 15) is 4.39 Å². The van der Waals surface area contributed by atoms with Gasteiger partial charge in [-0.3, -0.25) is 4.90 Å². The van der Waals surface area contributed by atoms with Crippen LogP contribution < -0.4 is 14.8 Å². The summed E-state index contributed by atoms with van der Waals surface area (Å²) in [5, 5.41) is 1.74. The van der Waals surface area contributed by atoms with Gasteiger partial charge in [0.1, 0.15) is 19.3 Å². The third-order valence-corrected chi connectivity index (χ3v) is 4.49. The second-order valence-corrected chi connectivity index (χ2v) is 6.69. The number of morpholine rings is 1. The van der Waals surface area contributed by atoms with E-state index in [1.165, 1.54) is 7.11 Å². The first-order valence-electron chi connectivity index (χ1n) is 14.2. The maximum Gasteiger partial charge on any atom is 0.162 e. The smallest absolute Gasteiger partial charge is 0.162 e. The molecule has 0 unspecified atom stereocenters. The molecule has 3 aromatic rings. The summed E-state index contributed by atoms with van der Waals surface area (Å²) in [5.74, 6) is -1.88. The Morgan fingerprint density at radius 3 is 2.90 bits per heavy atom. The number of fused-ring (bicyclic) bond motifs is 1. The maximum atomic E-state index is 14.1. The Bertz CT molecular complexity index is 1470. The molecule has 0 saturated carbocycles. The minimum atomic E-state index is -2.17. The predicted molar refractivity (Wildman–Crippen MR) is 118 cm³/mol. The van der Waals surface area contributed by atoms with Crippen LogP contribution >= 0.6 is 11.6 Å². The lowest BCUT2D eigenvalue weighted by molar-refractivity contribution is 0.0357. The number of methoxy groups -OCH3 is 1. The molecular weight excluding hydrogens is 423 g/mol. The number of aromatic nitrogens is 2. The Hall–Kier alpha value is -2.68. The molecule has 2 aromatic carbocycles. The van der Waals surface area contributed by atoms with Gasteiger partial charge in [0.2, 0.25) is 0 Å². The normalized spacial score (nSPS) is 22.4. The van der Waals surface area contributed by atoms with Crippen LogP contribution in [0.15, 0.2) is 36.5 Å². The highest BCUT2D eigenvalue weighted by Gasteiger charge is 2.14. The standard InChI is InChI=1S/C22H24ClFN4O3/c1-29-20-13-19-16(12-21(20)31-8-2-5-28-6-9-30-10-7-28)22(26-14-25-19)27-15-3-4-18(24)17(23)11-15/h3-4,11-14H,2,5-10H2,1H3,(H,25,26,27)/i3D,4D,9D2,10D2,11D,12D,13D,14D. The van der Waals surface area contributed by atoms with E-state index in [4.69, 9.17) is 39.5 Å². The van der Waals surface area contributed by atoms with Crippen LogP contribution in [0.1, 0.15) is 20.1 Å². The van der Waals surface area contributed by atoms with Gasteiger partial charge in [-0.1, -0.05) is 11.6 Å². The third-order valence-electron chi connectivity index (χ3n) is 4.23. The number of ether oxygens (including phenoxy) is 3. The lowest BCUT2D eigenvalue weighted by Crippen LogP contribution is -2.37. The molecule has 0 atom stereocenters. The van der Waals surface area contributed by atoms with Gasteiger partial charge in [0.25, 0.3) is 0 Å². The van der Waals surface area contributed by atoms with Gasteiger partial charge in [0, 0.05) is 36.8 Å². The zero-order valence-electron chi connectivity index (χ0n) is 26.4. The Balaban J connectivity index is 1.68. The van der Waals surface area contributed by atoms with E-state index in [0.717, 1.165) is 0 Å². The summed E-state index contributed by atoms with van der Waals surface area (Å²) in [6.45, 7) is -4.47. The topological polar surface area (TPSA) is 68.7 Å². The van der Waals surface area contributed by atoms with E-state index < -0.39 is 54.1 Å². The zero-order chi connectivity index (χ0) is 30.4. The number of anilines is 2. The Morgan fingerprint density at radius 2 is 2.10 bits per heavy atom. The molecule has 31 heavy (non-hydrogen) atoms. The molecule has 0 aliphatic carbocycles. The van der Waals surface area contributed by atoms with Gasteiger partial charge in [-0.05, 0) is 30.6 Å². The molecule has 1 aliphatic heterocycles. The first kappa shape index (κ1) is 12.4. The highest BCUT2D eigenvalue weighted by molar-refractivity contribution is 6.31. The van der Waals surface area contributed by atoms with Crippen LogP contribution in [-0.4, -0.2) is 61.3 Å². The van der Waals surface area contributed by atoms with Crippen LogP contribution in [0.3, 0.4) is 0 Å². The SMILES string of the molecule is [2H]c1nc(Nc2c([2H])c([2H])c(F)c(Cl)c2[2H])c2c([2H])c(OCCCN3CC([2H])([2H])OC([2H])([2H])C3)c(OC)c([2H])c2n1.